The quantitative estimate of drug-likeness (QED) is 0.418. The number of hydrogen-bond acceptors (Lipinski definition) is 2. The van der Waals surface area contributed by atoms with Gasteiger partial charge in [0.1, 0.15) is 0 Å². The molecule has 0 saturated carbocycles. The van der Waals surface area contributed by atoms with Crippen LogP contribution in [0.3, 0.4) is 0 Å². The highest BCUT2D eigenvalue weighted by Crippen LogP contribution is 2.07. The summed E-state index contributed by atoms with van der Waals surface area (Å²) in [5.41, 5.74) is 0. The van der Waals surface area contributed by atoms with Crippen LogP contribution in [0.15, 0.2) is 11.2 Å². The maximum Gasteiger partial charge on any atom is 0.293 e. The molecule has 0 aliphatic heterocycles. The van der Waals surface area contributed by atoms with Crippen molar-refractivity contribution in [2.24, 2.45) is 0 Å². The Balaban J connectivity index is 4.43. The molecule has 1 unspecified atom stereocenters. The standard InChI is InChI=1S/C2H5O3PS/c1-2(6)7(3,4)5/h1,6H2,(H,3,4,5). The van der Waals surface area contributed by atoms with Crippen molar-refractivity contribution in [3.63, 3.8) is 0 Å². The molecule has 0 saturated heterocycles. The summed E-state index contributed by atoms with van der Waals surface area (Å²) < 4.78 is 27.2. The molecule has 0 aromatic rings. The van der Waals surface area contributed by atoms with Crippen LogP contribution in [0, 0.1) is 0 Å². The Morgan fingerprint density at radius 1 is 1.71 bits per heavy atom. The molecule has 0 rings (SSSR count). The zero-order valence-electron chi connectivity index (χ0n) is 3.46. The van der Waals surface area contributed by atoms with Crippen LogP contribution in [0.4, 0.5) is 0 Å². The predicted molar refractivity (Wildman–Crippen MR) is 30.4 cm³/mol. The molecule has 0 amide bonds. The number of hydrogen-bond donors (Lipinski definition) is 1. The number of rotatable bonds is 1. The van der Waals surface area contributed by atoms with Crippen molar-refractivity contribution >= 4 is 19.4 Å². The van der Waals surface area contributed by atoms with Gasteiger partial charge in [-0.2, -0.15) is 8.42 Å². The molecule has 1 N–H and O–H groups in total. The summed E-state index contributed by atoms with van der Waals surface area (Å²) in [5, 5.41) is 0. The van der Waals surface area contributed by atoms with Crippen LogP contribution in [0.5, 0.6) is 0 Å². The Kier molecular flexibility index (Phi) is 1.92. The third-order valence-electron chi connectivity index (χ3n) is 0.331. The Morgan fingerprint density at radius 3 is 1.86 bits per heavy atom. The van der Waals surface area contributed by atoms with Gasteiger partial charge in [-0.1, -0.05) is 15.8 Å². The first-order valence-corrected chi connectivity index (χ1v) is 3.38. The van der Waals surface area contributed by atoms with E-state index in [-0.39, 0.29) is 4.65 Å². The molecule has 42 valence electrons. The molecule has 7 heavy (non-hydrogen) atoms. The van der Waals surface area contributed by atoms with Gasteiger partial charge in [-0.3, -0.25) is 4.55 Å². The average Bonchev–Trinajstić information content (AvgIpc) is 1.31. The van der Waals surface area contributed by atoms with Gasteiger partial charge in [0.2, 0.25) is 0 Å². The molecular weight excluding hydrogens is 135 g/mol. The van der Waals surface area contributed by atoms with E-state index < -0.39 is 10.1 Å². The van der Waals surface area contributed by atoms with E-state index in [4.69, 9.17) is 4.55 Å². The van der Waals surface area contributed by atoms with Crippen LogP contribution < -0.4 is 0 Å². The van der Waals surface area contributed by atoms with Crippen LogP contribution in [0.2, 0.25) is 0 Å². The summed E-state index contributed by atoms with van der Waals surface area (Å²) in [6, 6.07) is 0. The van der Waals surface area contributed by atoms with Gasteiger partial charge in [-0.05, 0) is 0 Å². The summed E-state index contributed by atoms with van der Waals surface area (Å²) >= 11 is 0. The zero-order valence-corrected chi connectivity index (χ0v) is 5.43. The molecular formula is C2H5O3PS. The minimum atomic E-state index is -3.97. The fraction of sp³-hybridized carbons (Fsp3) is 0. The van der Waals surface area contributed by atoms with Crippen molar-refractivity contribution in [3.8, 4) is 0 Å². The van der Waals surface area contributed by atoms with Crippen molar-refractivity contribution in [2.45, 2.75) is 0 Å². The van der Waals surface area contributed by atoms with Gasteiger partial charge in [0.15, 0.2) is 0 Å². The highest BCUT2D eigenvalue weighted by atomic mass is 32.2. The molecule has 0 aromatic carbocycles. The maximum atomic E-state index is 9.77. The molecule has 0 radical (unpaired) electrons. The van der Waals surface area contributed by atoms with E-state index in [1.807, 2.05) is 0 Å². The van der Waals surface area contributed by atoms with Crippen molar-refractivity contribution in [1.29, 1.82) is 0 Å². The highest BCUT2D eigenvalue weighted by molar-refractivity contribution is 7.95. The molecule has 0 aliphatic rings. The van der Waals surface area contributed by atoms with Crippen molar-refractivity contribution < 1.29 is 13.0 Å². The Bertz CT molecular complexity index is 167. The van der Waals surface area contributed by atoms with E-state index in [0.29, 0.717) is 0 Å². The summed E-state index contributed by atoms with van der Waals surface area (Å²) in [7, 11) is -2.20. The van der Waals surface area contributed by atoms with Gasteiger partial charge in [0, 0.05) is 0 Å². The van der Waals surface area contributed by atoms with E-state index in [1.54, 1.807) is 9.24 Å². The fourth-order valence-corrected chi connectivity index (χ4v) is 0. The second-order valence-corrected chi connectivity index (χ2v) is 3.53. The molecule has 1 atom stereocenters. The van der Waals surface area contributed by atoms with E-state index in [0.717, 1.165) is 0 Å². The third kappa shape index (κ3) is 2.74. The second kappa shape index (κ2) is 1.90. The molecule has 5 heteroatoms. The summed E-state index contributed by atoms with van der Waals surface area (Å²) in [6.07, 6.45) is 0. The van der Waals surface area contributed by atoms with E-state index in [9.17, 15) is 8.42 Å². The Morgan fingerprint density at radius 2 is 1.86 bits per heavy atom. The van der Waals surface area contributed by atoms with Crippen LogP contribution >= 0.6 is 9.24 Å². The molecule has 3 nitrogen and oxygen atoms in total. The minimum Gasteiger partial charge on any atom is -0.282 e. The van der Waals surface area contributed by atoms with E-state index in [2.05, 4.69) is 6.58 Å². The normalized spacial score (nSPS) is 11.1. The maximum absolute atomic E-state index is 9.77. The van der Waals surface area contributed by atoms with Gasteiger partial charge in [0.25, 0.3) is 10.1 Å². The van der Waals surface area contributed by atoms with E-state index >= 15 is 0 Å². The molecule has 0 aliphatic carbocycles. The average molecular weight is 140 g/mol. The lowest BCUT2D eigenvalue weighted by atomic mass is 11.3. The molecule has 0 bridgehead atoms. The van der Waals surface area contributed by atoms with Crippen LogP contribution in [-0.4, -0.2) is 13.0 Å². The van der Waals surface area contributed by atoms with Crippen molar-refractivity contribution in [1.82, 2.24) is 0 Å². The van der Waals surface area contributed by atoms with Crippen molar-refractivity contribution in [2.75, 3.05) is 0 Å². The smallest absolute Gasteiger partial charge is 0.282 e. The zero-order chi connectivity index (χ0) is 6.08. The lowest BCUT2D eigenvalue weighted by Gasteiger charge is -1.86. The second-order valence-electron chi connectivity index (χ2n) is 0.941. The monoisotopic (exact) mass is 140 g/mol. The first kappa shape index (κ1) is 7.08. The summed E-state index contributed by atoms with van der Waals surface area (Å²) in [4.78, 5) is 0. The van der Waals surface area contributed by atoms with Gasteiger partial charge in [0.05, 0.1) is 4.65 Å². The Hall–Kier alpha value is 0.0800. The van der Waals surface area contributed by atoms with Crippen LogP contribution in [0.1, 0.15) is 0 Å². The van der Waals surface area contributed by atoms with Crippen molar-refractivity contribution in [3.05, 3.63) is 11.2 Å². The molecule has 0 aromatic heterocycles. The largest absolute Gasteiger partial charge is 0.293 e. The summed E-state index contributed by atoms with van der Waals surface area (Å²) in [6.45, 7) is 2.95. The fourth-order valence-electron chi connectivity index (χ4n) is 0. The van der Waals surface area contributed by atoms with Gasteiger partial charge in [-0.15, -0.1) is 0 Å². The van der Waals surface area contributed by atoms with Gasteiger partial charge in [-0.25, -0.2) is 0 Å². The van der Waals surface area contributed by atoms with E-state index in [1.165, 1.54) is 0 Å². The summed E-state index contributed by atoms with van der Waals surface area (Å²) in [5.74, 6) is 0. The lowest BCUT2D eigenvalue weighted by molar-refractivity contribution is 0.493. The first-order chi connectivity index (χ1) is 2.94. The van der Waals surface area contributed by atoms with Crippen LogP contribution in [-0.2, 0) is 10.1 Å². The predicted octanol–water partition coefficient (Wildman–Crippen LogP) is 0.221. The lowest BCUT2D eigenvalue weighted by Crippen LogP contribution is -1.92. The minimum absolute atomic E-state index is 0.312. The third-order valence-corrected chi connectivity index (χ3v) is 1.89. The SMILES string of the molecule is C=C(P)S(=O)(=O)O. The molecule has 0 spiro atoms. The van der Waals surface area contributed by atoms with Gasteiger partial charge >= 0.3 is 0 Å². The molecule has 0 fully saturated rings. The molecule has 0 heterocycles. The Labute approximate surface area is 44.4 Å². The van der Waals surface area contributed by atoms with Crippen LogP contribution in [0.25, 0.3) is 0 Å². The topological polar surface area (TPSA) is 54.4 Å². The first-order valence-electron chi connectivity index (χ1n) is 1.36. The van der Waals surface area contributed by atoms with Gasteiger partial charge < -0.3 is 0 Å². The highest BCUT2D eigenvalue weighted by Gasteiger charge is 2.01.